The van der Waals surface area contributed by atoms with Crippen LogP contribution in [0.2, 0.25) is 0 Å². The molecule has 1 amide bonds. The number of carbonyl (C=O) groups is 1. The third-order valence-corrected chi connectivity index (χ3v) is 7.65. The first kappa shape index (κ1) is 23.1. The van der Waals surface area contributed by atoms with E-state index >= 15 is 0 Å². The summed E-state index contributed by atoms with van der Waals surface area (Å²) in [5.74, 6) is 0.0530. The number of rotatable bonds is 7. The van der Waals surface area contributed by atoms with Crippen LogP contribution in [0.1, 0.15) is 18.9 Å². The van der Waals surface area contributed by atoms with Gasteiger partial charge in [0.15, 0.2) is 5.16 Å². The Kier molecular flexibility index (Phi) is 6.99. The molecule has 1 atom stereocenters. The Balaban J connectivity index is 1.37. The lowest BCUT2D eigenvalue weighted by Crippen LogP contribution is -2.37. The summed E-state index contributed by atoms with van der Waals surface area (Å²) in [6, 6.07) is 15.5. The molecule has 3 aromatic rings. The van der Waals surface area contributed by atoms with Crippen molar-refractivity contribution in [1.82, 2.24) is 14.5 Å². The van der Waals surface area contributed by atoms with Crippen LogP contribution >= 0.6 is 11.8 Å². The number of thioether (sulfide) groups is 1. The molecule has 2 aliphatic rings. The Hall–Kier alpha value is -2.68. The lowest BCUT2D eigenvalue weighted by atomic mass is 10.2. The lowest BCUT2D eigenvalue weighted by Gasteiger charge is -2.26. The summed E-state index contributed by atoms with van der Waals surface area (Å²) >= 11 is 1.38. The van der Waals surface area contributed by atoms with Crippen molar-refractivity contribution in [3.8, 4) is 0 Å². The molecule has 0 radical (unpaired) electrons. The number of fused-ring (bicyclic) bond motifs is 2. The molecule has 0 unspecified atom stereocenters. The van der Waals surface area contributed by atoms with Gasteiger partial charge in [-0.2, -0.15) is 0 Å². The lowest BCUT2D eigenvalue weighted by molar-refractivity contribution is -0.117. The first-order valence-corrected chi connectivity index (χ1v) is 12.9. The van der Waals surface area contributed by atoms with Crippen molar-refractivity contribution in [2.75, 3.05) is 44.3 Å². The number of nitrogens with zero attached hydrogens (tertiary/aromatic N) is 4. The number of morpholine rings is 1. The Labute approximate surface area is 203 Å². The monoisotopic (exact) mass is 478 g/mol. The highest BCUT2D eigenvalue weighted by molar-refractivity contribution is 8.00. The van der Waals surface area contributed by atoms with Gasteiger partial charge in [-0.1, -0.05) is 42.1 Å². The molecule has 2 aliphatic heterocycles. The summed E-state index contributed by atoms with van der Waals surface area (Å²) in [5, 5.41) is 0.870. The number of para-hydroxylation sites is 2. The van der Waals surface area contributed by atoms with E-state index in [0.717, 1.165) is 51.4 Å². The average Bonchev–Trinajstić information content (AvgIpc) is 3.30. The van der Waals surface area contributed by atoms with E-state index in [4.69, 9.17) is 9.72 Å². The van der Waals surface area contributed by atoms with Gasteiger partial charge in [0.2, 0.25) is 5.91 Å². The van der Waals surface area contributed by atoms with E-state index in [0.29, 0.717) is 29.1 Å². The summed E-state index contributed by atoms with van der Waals surface area (Å²) in [4.78, 5) is 35.8. The quantitative estimate of drug-likeness (QED) is 0.384. The second-order valence-electron chi connectivity index (χ2n) is 8.80. The van der Waals surface area contributed by atoms with E-state index in [-0.39, 0.29) is 16.7 Å². The summed E-state index contributed by atoms with van der Waals surface area (Å²) < 4.78 is 7.19. The summed E-state index contributed by atoms with van der Waals surface area (Å²) in [6.45, 7) is 7.46. The normalized spacial score (nSPS) is 17.1. The molecule has 5 rings (SSSR count). The smallest absolute Gasteiger partial charge is 0.262 e. The minimum atomic E-state index is -0.357. The third kappa shape index (κ3) is 4.76. The molecule has 0 spiro atoms. The average molecular weight is 479 g/mol. The highest BCUT2D eigenvalue weighted by Gasteiger charge is 2.29. The van der Waals surface area contributed by atoms with Gasteiger partial charge in [-0.25, -0.2) is 4.98 Å². The molecule has 1 saturated heterocycles. The van der Waals surface area contributed by atoms with Gasteiger partial charge in [0.1, 0.15) is 0 Å². The molecular weight excluding hydrogens is 448 g/mol. The van der Waals surface area contributed by atoms with Crippen LogP contribution in [-0.4, -0.2) is 65.0 Å². The van der Waals surface area contributed by atoms with E-state index in [9.17, 15) is 9.59 Å². The molecule has 0 aliphatic carbocycles. The largest absolute Gasteiger partial charge is 0.379 e. The molecule has 1 aromatic heterocycles. The van der Waals surface area contributed by atoms with Gasteiger partial charge in [-0.05, 0) is 43.5 Å². The second kappa shape index (κ2) is 10.3. The first-order chi connectivity index (χ1) is 16.6. The molecule has 0 bridgehead atoms. The van der Waals surface area contributed by atoms with E-state index < -0.39 is 0 Å². The predicted molar refractivity (Wildman–Crippen MR) is 136 cm³/mol. The topological polar surface area (TPSA) is 67.7 Å². The number of carbonyl (C=O) groups excluding carboxylic acids is 1. The van der Waals surface area contributed by atoms with Crippen molar-refractivity contribution in [3.63, 3.8) is 0 Å². The maximum Gasteiger partial charge on any atom is 0.262 e. The number of aromatic nitrogens is 2. The zero-order valence-electron chi connectivity index (χ0n) is 19.5. The van der Waals surface area contributed by atoms with Gasteiger partial charge < -0.3 is 9.64 Å². The number of benzene rings is 2. The fourth-order valence-electron chi connectivity index (χ4n) is 4.71. The second-order valence-corrected chi connectivity index (χ2v) is 10.1. The molecule has 8 heteroatoms. The van der Waals surface area contributed by atoms with Crippen LogP contribution in [0, 0.1) is 0 Å². The van der Waals surface area contributed by atoms with Gasteiger partial charge >= 0.3 is 0 Å². The molecule has 1 fully saturated rings. The highest BCUT2D eigenvalue weighted by Crippen LogP contribution is 2.31. The molecule has 3 heterocycles. The molecule has 0 N–H and O–H groups in total. The van der Waals surface area contributed by atoms with Crippen LogP contribution in [0.3, 0.4) is 0 Å². The van der Waals surface area contributed by atoms with Crippen LogP contribution in [0.4, 0.5) is 5.69 Å². The fourth-order valence-corrected chi connectivity index (χ4v) is 5.70. The van der Waals surface area contributed by atoms with E-state index in [1.54, 1.807) is 4.57 Å². The van der Waals surface area contributed by atoms with Gasteiger partial charge in [-0.3, -0.25) is 19.1 Å². The summed E-state index contributed by atoms with van der Waals surface area (Å²) in [5.41, 5.74) is 2.83. The maximum absolute atomic E-state index is 13.4. The van der Waals surface area contributed by atoms with Crippen molar-refractivity contribution >= 4 is 34.3 Å². The minimum absolute atomic E-state index is 0.0405. The number of amides is 1. The van der Waals surface area contributed by atoms with Crippen molar-refractivity contribution < 1.29 is 9.53 Å². The molecule has 178 valence electrons. The van der Waals surface area contributed by atoms with Gasteiger partial charge in [-0.15, -0.1) is 0 Å². The van der Waals surface area contributed by atoms with Crippen LogP contribution in [0.25, 0.3) is 10.9 Å². The van der Waals surface area contributed by atoms with E-state index in [2.05, 4.69) is 11.0 Å². The Morgan fingerprint density at radius 3 is 2.68 bits per heavy atom. The van der Waals surface area contributed by atoms with Gasteiger partial charge in [0.25, 0.3) is 5.56 Å². The Morgan fingerprint density at radius 1 is 1.06 bits per heavy atom. The Bertz CT molecular complexity index is 1240. The highest BCUT2D eigenvalue weighted by atomic mass is 32.2. The fraction of sp³-hybridized carbons (Fsp3) is 0.423. The zero-order chi connectivity index (χ0) is 23.5. The summed E-state index contributed by atoms with van der Waals surface area (Å²) in [7, 11) is 0. The minimum Gasteiger partial charge on any atom is -0.379 e. The SMILES string of the molecule is C[C@H](Sc1nc2ccccc2c(=O)n1CCCN1CCOCC1)C(=O)N1CCc2ccccc21. The molecule has 7 nitrogen and oxygen atoms in total. The standard InChI is InChI=1S/C26H30N4O3S/c1-19(24(31)29-14-11-20-7-2-5-10-23(20)29)34-26-27-22-9-4-3-8-21(22)25(32)30(26)13-6-12-28-15-17-33-18-16-28/h2-5,7-10,19H,6,11-18H2,1H3/t19-/m0/s1. The molecular formula is C26H30N4O3S. The molecule has 0 saturated carbocycles. The predicted octanol–water partition coefficient (Wildman–Crippen LogP) is 3.19. The third-order valence-electron chi connectivity index (χ3n) is 6.57. The van der Waals surface area contributed by atoms with E-state index in [1.165, 1.54) is 17.3 Å². The maximum atomic E-state index is 13.4. The van der Waals surface area contributed by atoms with Crippen LogP contribution in [0.5, 0.6) is 0 Å². The number of hydrogen-bond donors (Lipinski definition) is 0. The number of anilines is 1. The Morgan fingerprint density at radius 2 is 1.82 bits per heavy atom. The van der Waals surface area contributed by atoms with Gasteiger partial charge in [0.05, 0.1) is 29.4 Å². The van der Waals surface area contributed by atoms with Crippen LogP contribution < -0.4 is 10.5 Å². The molecule has 34 heavy (non-hydrogen) atoms. The van der Waals surface area contributed by atoms with E-state index in [1.807, 2.05) is 54.3 Å². The first-order valence-electron chi connectivity index (χ1n) is 12.0. The van der Waals surface area contributed by atoms with Crippen molar-refractivity contribution in [3.05, 3.63) is 64.4 Å². The van der Waals surface area contributed by atoms with Crippen LogP contribution in [-0.2, 0) is 22.5 Å². The summed E-state index contributed by atoms with van der Waals surface area (Å²) in [6.07, 6.45) is 1.72. The zero-order valence-corrected chi connectivity index (χ0v) is 20.3. The molecule has 2 aromatic carbocycles. The van der Waals surface area contributed by atoms with Crippen molar-refractivity contribution in [1.29, 1.82) is 0 Å². The van der Waals surface area contributed by atoms with Gasteiger partial charge in [0, 0.05) is 38.4 Å². The van der Waals surface area contributed by atoms with Crippen molar-refractivity contribution in [2.24, 2.45) is 0 Å². The number of hydrogen-bond acceptors (Lipinski definition) is 6. The number of ether oxygens (including phenoxy) is 1. The van der Waals surface area contributed by atoms with Crippen molar-refractivity contribution in [2.45, 2.75) is 36.7 Å². The van der Waals surface area contributed by atoms with Crippen LogP contribution in [0.15, 0.2) is 58.5 Å².